The number of hydrogen-bond acceptors (Lipinski definition) is 4. The van der Waals surface area contributed by atoms with Crippen molar-refractivity contribution in [2.45, 2.75) is 12.8 Å². The van der Waals surface area contributed by atoms with Gasteiger partial charge < -0.3 is 14.9 Å². The number of methoxy groups -OCH3 is 1. The molecule has 0 spiro atoms. The number of hydrogen-bond donors (Lipinski definition) is 1. The molecule has 5 heteroatoms. The van der Waals surface area contributed by atoms with Gasteiger partial charge in [-0.3, -0.25) is 9.78 Å². The lowest BCUT2D eigenvalue weighted by atomic mass is 10.1. The Morgan fingerprint density at radius 2 is 2.41 bits per heavy atom. The van der Waals surface area contributed by atoms with E-state index in [1.54, 1.807) is 13.3 Å². The molecule has 17 heavy (non-hydrogen) atoms. The number of aryl methyl sites for hydroxylation is 1. The second kappa shape index (κ2) is 4.97. The third kappa shape index (κ3) is 2.45. The first-order valence-electron chi connectivity index (χ1n) is 5.37. The number of fused-ring (bicyclic) bond motifs is 1. The van der Waals surface area contributed by atoms with Gasteiger partial charge in [0.2, 0.25) is 0 Å². The molecule has 0 saturated carbocycles. The molecule has 0 fully saturated rings. The average Bonchev–Trinajstić information content (AvgIpc) is 2.72. The van der Waals surface area contributed by atoms with Crippen LogP contribution < -0.4 is 5.73 Å². The van der Waals surface area contributed by atoms with Gasteiger partial charge in [-0.2, -0.15) is 0 Å². The minimum absolute atomic E-state index is 0.323. The Morgan fingerprint density at radius 1 is 1.59 bits per heavy atom. The van der Waals surface area contributed by atoms with E-state index in [0.29, 0.717) is 23.3 Å². The Morgan fingerprint density at radius 3 is 3.12 bits per heavy atom. The number of rotatable bonds is 5. The summed E-state index contributed by atoms with van der Waals surface area (Å²) >= 11 is 0. The smallest absolute Gasteiger partial charge is 0.254 e. The van der Waals surface area contributed by atoms with Crippen LogP contribution in [0.4, 0.5) is 0 Å². The summed E-state index contributed by atoms with van der Waals surface area (Å²) in [6, 6.07) is 1.88. The molecule has 2 aromatic rings. The number of aromatic nitrogens is 1. The molecule has 1 amide bonds. The van der Waals surface area contributed by atoms with Gasteiger partial charge in [0.05, 0.1) is 0 Å². The molecule has 5 nitrogen and oxygen atoms in total. The molecule has 0 aliphatic carbocycles. The van der Waals surface area contributed by atoms with E-state index in [9.17, 15) is 4.79 Å². The Hall–Kier alpha value is -1.88. The maximum Gasteiger partial charge on any atom is 0.254 e. The van der Waals surface area contributed by atoms with Gasteiger partial charge in [0.1, 0.15) is 17.3 Å². The summed E-state index contributed by atoms with van der Waals surface area (Å²) < 4.78 is 10.2. The largest absolute Gasteiger partial charge is 0.462 e. The predicted octanol–water partition coefficient (Wildman–Crippen LogP) is 1.51. The molecule has 0 radical (unpaired) electrons. The molecule has 0 atom stereocenters. The summed E-state index contributed by atoms with van der Waals surface area (Å²) in [6.07, 6.45) is 4.87. The van der Waals surface area contributed by atoms with Gasteiger partial charge in [-0.25, -0.2) is 0 Å². The molecule has 0 aromatic carbocycles. The summed E-state index contributed by atoms with van der Waals surface area (Å²) in [5, 5.41) is 0. The van der Waals surface area contributed by atoms with Gasteiger partial charge in [-0.15, -0.1) is 0 Å². The monoisotopic (exact) mass is 234 g/mol. The van der Waals surface area contributed by atoms with Crippen LogP contribution in [-0.4, -0.2) is 24.6 Å². The SMILES string of the molecule is COCCCc1cnc2c(C(N)=O)coc2c1. The van der Waals surface area contributed by atoms with Crippen LogP contribution in [0, 0.1) is 0 Å². The summed E-state index contributed by atoms with van der Waals surface area (Å²) in [5.41, 5.74) is 7.70. The molecular weight excluding hydrogens is 220 g/mol. The average molecular weight is 234 g/mol. The number of furan rings is 1. The van der Waals surface area contributed by atoms with Crippen molar-refractivity contribution in [3.8, 4) is 0 Å². The number of pyridine rings is 1. The Labute approximate surface area is 98.6 Å². The highest BCUT2D eigenvalue weighted by molar-refractivity contribution is 6.03. The van der Waals surface area contributed by atoms with E-state index in [-0.39, 0.29) is 0 Å². The van der Waals surface area contributed by atoms with Crippen LogP contribution in [-0.2, 0) is 11.2 Å². The number of carbonyl (C=O) groups excluding carboxylic acids is 1. The first kappa shape index (κ1) is 11.6. The zero-order valence-electron chi connectivity index (χ0n) is 9.60. The predicted molar refractivity (Wildman–Crippen MR) is 62.7 cm³/mol. The Bertz CT molecular complexity index is 534. The molecule has 0 saturated heterocycles. The number of amides is 1. The summed E-state index contributed by atoms with van der Waals surface area (Å²) in [6.45, 7) is 0.711. The second-order valence-corrected chi connectivity index (χ2v) is 3.80. The quantitative estimate of drug-likeness (QED) is 0.795. The zero-order chi connectivity index (χ0) is 12.3. The van der Waals surface area contributed by atoms with Crippen LogP contribution in [0.25, 0.3) is 11.1 Å². The third-order valence-electron chi connectivity index (χ3n) is 2.55. The topological polar surface area (TPSA) is 78.4 Å². The van der Waals surface area contributed by atoms with Crippen molar-refractivity contribution in [3.63, 3.8) is 0 Å². The highest BCUT2D eigenvalue weighted by atomic mass is 16.5. The number of nitrogens with zero attached hydrogens (tertiary/aromatic N) is 1. The minimum atomic E-state index is -0.525. The van der Waals surface area contributed by atoms with E-state index >= 15 is 0 Å². The summed E-state index contributed by atoms with van der Waals surface area (Å²) in [4.78, 5) is 15.3. The molecule has 2 N–H and O–H groups in total. The maximum atomic E-state index is 11.1. The van der Waals surface area contributed by atoms with Crippen molar-refractivity contribution in [2.75, 3.05) is 13.7 Å². The molecule has 0 aliphatic heterocycles. The van der Waals surface area contributed by atoms with Crippen molar-refractivity contribution in [1.29, 1.82) is 0 Å². The van der Waals surface area contributed by atoms with E-state index in [1.807, 2.05) is 6.07 Å². The lowest BCUT2D eigenvalue weighted by Crippen LogP contribution is -2.10. The van der Waals surface area contributed by atoms with E-state index in [4.69, 9.17) is 14.9 Å². The van der Waals surface area contributed by atoms with Crippen LogP contribution in [0.5, 0.6) is 0 Å². The molecule has 2 rings (SSSR count). The summed E-state index contributed by atoms with van der Waals surface area (Å²) in [5.74, 6) is -0.525. The third-order valence-corrected chi connectivity index (χ3v) is 2.55. The number of ether oxygens (including phenoxy) is 1. The van der Waals surface area contributed by atoms with Gasteiger partial charge in [0.25, 0.3) is 5.91 Å². The first-order chi connectivity index (χ1) is 8.22. The molecule has 0 aliphatic rings. The molecule has 2 aromatic heterocycles. The fourth-order valence-corrected chi connectivity index (χ4v) is 1.69. The van der Waals surface area contributed by atoms with Crippen LogP contribution in [0.15, 0.2) is 22.9 Å². The summed E-state index contributed by atoms with van der Waals surface area (Å²) in [7, 11) is 1.67. The zero-order valence-corrected chi connectivity index (χ0v) is 9.60. The van der Waals surface area contributed by atoms with E-state index in [1.165, 1.54) is 6.26 Å². The number of carbonyl (C=O) groups is 1. The lowest BCUT2D eigenvalue weighted by Gasteiger charge is -2.00. The van der Waals surface area contributed by atoms with Crippen molar-refractivity contribution in [2.24, 2.45) is 5.73 Å². The van der Waals surface area contributed by atoms with Crippen LogP contribution in [0.1, 0.15) is 22.3 Å². The lowest BCUT2D eigenvalue weighted by molar-refractivity contribution is 0.100. The normalized spacial score (nSPS) is 10.9. The number of nitrogens with two attached hydrogens (primary N) is 1. The number of primary amides is 1. The van der Waals surface area contributed by atoms with E-state index < -0.39 is 5.91 Å². The highest BCUT2D eigenvalue weighted by Gasteiger charge is 2.12. The molecule has 2 heterocycles. The van der Waals surface area contributed by atoms with Gasteiger partial charge in [-0.05, 0) is 24.5 Å². The van der Waals surface area contributed by atoms with E-state index in [0.717, 1.165) is 18.4 Å². The molecule has 0 bridgehead atoms. The second-order valence-electron chi connectivity index (χ2n) is 3.80. The van der Waals surface area contributed by atoms with Crippen LogP contribution in [0.3, 0.4) is 0 Å². The fraction of sp³-hybridized carbons (Fsp3) is 0.333. The van der Waals surface area contributed by atoms with E-state index in [2.05, 4.69) is 4.98 Å². The standard InChI is InChI=1S/C12H14N2O3/c1-16-4-2-3-8-5-10-11(14-6-8)9(7-17-10)12(13)15/h5-7H,2-4H2,1H3,(H2,13,15). The fourth-order valence-electron chi connectivity index (χ4n) is 1.69. The van der Waals surface area contributed by atoms with Crippen LogP contribution in [0.2, 0.25) is 0 Å². The van der Waals surface area contributed by atoms with Crippen LogP contribution >= 0.6 is 0 Å². The van der Waals surface area contributed by atoms with Gasteiger partial charge in [-0.1, -0.05) is 0 Å². The maximum absolute atomic E-state index is 11.1. The highest BCUT2D eigenvalue weighted by Crippen LogP contribution is 2.20. The van der Waals surface area contributed by atoms with Crippen molar-refractivity contribution in [3.05, 3.63) is 29.7 Å². The van der Waals surface area contributed by atoms with Gasteiger partial charge in [0.15, 0.2) is 5.58 Å². The van der Waals surface area contributed by atoms with Crippen molar-refractivity contribution < 1.29 is 13.9 Å². The van der Waals surface area contributed by atoms with Gasteiger partial charge >= 0.3 is 0 Å². The Balaban J connectivity index is 2.23. The minimum Gasteiger partial charge on any atom is -0.462 e. The molecule has 0 unspecified atom stereocenters. The van der Waals surface area contributed by atoms with Gasteiger partial charge in [0, 0.05) is 19.9 Å². The molecule has 90 valence electrons. The van der Waals surface area contributed by atoms with Crippen molar-refractivity contribution in [1.82, 2.24) is 4.98 Å². The Kier molecular flexibility index (Phi) is 3.39. The first-order valence-corrected chi connectivity index (χ1v) is 5.37. The van der Waals surface area contributed by atoms with Crippen molar-refractivity contribution >= 4 is 17.0 Å². The molecular formula is C12H14N2O3.